The first-order valence-electron chi connectivity index (χ1n) is 9.22. The number of hydrogen-bond acceptors (Lipinski definition) is 4. The number of hydrogen-bond donors (Lipinski definition) is 2. The molecule has 2 unspecified atom stereocenters. The molecule has 1 saturated heterocycles. The van der Waals surface area contributed by atoms with Crippen LogP contribution in [-0.4, -0.2) is 55.1 Å². The number of aryl methyl sites for hydroxylation is 1. The van der Waals surface area contributed by atoms with Crippen LogP contribution in [0, 0.1) is 18.8 Å². The molecule has 1 aromatic heterocycles. The molecule has 5 nitrogen and oxygen atoms in total. The molecule has 0 bridgehead atoms. The van der Waals surface area contributed by atoms with E-state index in [-0.39, 0.29) is 24.0 Å². The topological polar surface area (TPSA) is 52.6 Å². The summed E-state index contributed by atoms with van der Waals surface area (Å²) >= 11 is 1.71. The van der Waals surface area contributed by atoms with E-state index in [1.165, 1.54) is 19.5 Å². The smallest absolute Gasteiger partial charge is 0.191 e. The number of aliphatic imine (C=N–C) groups is 1. The first-order chi connectivity index (χ1) is 11.6. The summed E-state index contributed by atoms with van der Waals surface area (Å²) in [6.45, 7) is 15.0. The molecule has 0 amide bonds. The lowest BCUT2D eigenvalue weighted by molar-refractivity contribution is 0.145. The van der Waals surface area contributed by atoms with Gasteiger partial charge in [-0.1, -0.05) is 13.8 Å². The lowest BCUT2D eigenvalue weighted by Gasteiger charge is -2.34. The van der Waals surface area contributed by atoms with Crippen LogP contribution in [-0.2, 0) is 6.42 Å². The van der Waals surface area contributed by atoms with Crippen LogP contribution in [0.25, 0.3) is 0 Å². The molecule has 1 aliphatic rings. The van der Waals surface area contributed by atoms with Gasteiger partial charge in [-0.25, -0.2) is 4.98 Å². The Hall–Kier alpha value is -0.410. The summed E-state index contributed by atoms with van der Waals surface area (Å²) in [5.41, 5.74) is 1.16. The number of halogens is 1. The van der Waals surface area contributed by atoms with Crippen molar-refractivity contribution in [2.75, 3.05) is 39.3 Å². The van der Waals surface area contributed by atoms with E-state index in [9.17, 15) is 0 Å². The number of nitrogens with zero attached hydrogens (tertiary/aromatic N) is 3. The lowest BCUT2D eigenvalue weighted by Crippen LogP contribution is -2.41. The van der Waals surface area contributed by atoms with Gasteiger partial charge in [0.2, 0.25) is 0 Å². The van der Waals surface area contributed by atoms with Gasteiger partial charge >= 0.3 is 0 Å². The molecule has 2 N–H and O–H groups in total. The van der Waals surface area contributed by atoms with Crippen molar-refractivity contribution in [2.45, 2.75) is 40.5 Å². The minimum atomic E-state index is 0. The number of likely N-dealkylation sites (tertiary alicyclic amines) is 1. The van der Waals surface area contributed by atoms with Gasteiger partial charge in [-0.05, 0) is 32.1 Å². The predicted molar refractivity (Wildman–Crippen MR) is 119 cm³/mol. The second-order valence-electron chi connectivity index (χ2n) is 7.00. The summed E-state index contributed by atoms with van der Waals surface area (Å²) in [5, 5.41) is 10.0. The van der Waals surface area contributed by atoms with E-state index < -0.39 is 0 Å². The maximum atomic E-state index is 4.73. The van der Waals surface area contributed by atoms with Crippen LogP contribution >= 0.6 is 35.3 Å². The van der Waals surface area contributed by atoms with Crippen LogP contribution < -0.4 is 10.6 Å². The van der Waals surface area contributed by atoms with Crippen molar-refractivity contribution in [2.24, 2.45) is 16.8 Å². The van der Waals surface area contributed by atoms with E-state index >= 15 is 0 Å². The zero-order valence-electron chi connectivity index (χ0n) is 16.0. The Bertz CT molecular complexity index is 509. The molecule has 1 aromatic rings. The Kier molecular flexibility index (Phi) is 10.9. The summed E-state index contributed by atoms with van der Waals surface area (Å²) in [4.78, 5) is 11.8. The van der Waals surface area contributed by atoms with Crippen LogP contribution in [0.4, 0.5) is 0 Å². The Morgan fingerprint density at radius 1 is 1.32 bits per heavy atom. The number of nitrogens with one attached hydrogen (secondary N) is 2. The highest BCUT2D eigenvalue weighted by molar-refractivity contribution is 14.0. The standard InChI is InChI=1S/C18H33N5S.HI/c1-5-19-18(20-7-6-17-13-24-16(4)22-17)21-8-9-23-11-14(2)10-15(3)12-23;/h13-15H,5-12H2,1-4H3,(H2,19,20,21);1H. The number of piperidine rings is 1. The SMILES string of the molecule is CCNC(=NCCN1CC(C)CC(C)C1)NCCc1csc(C)n1.I. The van der Waals surface area contributed by atoms with Gasteiger partial charge in [-0.3, -0.25) is 4.99 Å². The number of guanidine groups is 1. The molecule has 25 heavy (non-hydrogen) atoms. The van der Waals surface area contributed by atoms with Crippen LogP contribution in [0.5, 0.6) is 0 Å². The van der Waals surface area contributed by atoms with Crippen molar-refractivity contribution in [1.82, 2.24) is 20.5 Å². The maximum absolute atomic E-state index is 4.73. The second kappa shape index (κ2) is 12.1. The first kappa shape index (κ1) is 22.6. The molecule has 2 atom stereocenters. The van der Waals surface area contributed by atoms with Crippen LogP contribution in [0.2, 0.25) is 0 Å². The monoisotopic (exact) mass is 479 g/mol. The molecule has 7 heteroatoms. The normalized spacial score (nSPS) is 21.7. The van der Waals surface area contributed by atoms with E-state index in [1.807, 2.05) is 0 Å². The highest BCUT2D eigenvalue weighted by Gasteiger charge is 2.20. The molecular weight excluding hydrogens is 445 g/mol. The zero-order valence-corrected chi connectivity index (χ0v) is 19.2. The maximum Gasteiger partial charge on any atom is 0.191 e. The Morgan fingerprint density at radius 2 is 2.04 bits per heavy atom. The van der Waals surface area contributed by atoms with Crippen molar-refractivity contribution >= 4 is 41.3 Å². The Morgan fingerprint density at radius 3 is 2.64 bits per heavy atom. The molecular formula is C18H34IN5S. The minimum Gasteiger partial charge on any atom is -0.357 e. The molecule has 0 radical (unpaired) electrons. The van der Waals surface area contributed by atoms with Gasteiger partial charge in [0.1, 0.15) is 0 Å². The summed E-state index contributed by atoms with van der Waals surface area (Å²) in [6.07, 6.45) is 2.30. The molecule has 2 heterocycles. The largest absolute Gasteiger partial charge is 0.357 e. The van der Waals surface area contributed by atoms with E-state index in [0.717, 1.165) is 61.1 Å². The molecule has 0 saturated carbocycles. The second-order valence-corrected chi connectivity index (χ2v) is 8.06. The van der Waals surface area contributed by atoms with Gasteiger partial charge in [0.05, 0.1) is 17.2 Å². The van der Waals surface area contributed by atoms with Crippen molar-refractivity contribution in [3.8, 4) is 0 Å². The molecule has 0 spiro atoms. The van der Waals surface area contributed by atoms with Crippen molar-refractivity contribution in [3.05, 3.63) is 16.1 Å². The van der Waals surface area contributed by atoms with Crippen molar-refractivity contribution < 1.29 is 0 Å². The van der Waals surface area contributed by atoms with Gasteiger partial charge < -0.3 is 15.5 Å². The molecule has 0 aliphatic carbocycles. The van der Waals surface area contributed by atoms with Gasteiger partial charge in [-0.15, -0.1) is 35.3 Å². The van der Waals surface area contributed by atoms with E-state index in [4.69, 9.17) is 4.99 Å². The average Bonchev–Trinajstić information content (AvgIpc) is 2.92. The van der Waals surface area contributed by atoms with Crippen LogP contribution in [0.15, 0.2) is 10.4 Å². The molecule has 0 aromatic carbocycles. The number of rotatable bonds is 7. The van der Waals surface area contributed by atoms with Crippen LogP contribution in [0.1, 0.15) is 37.9 Å². The summed E-state index contributed by atoms with van der Waals surface area (Å²) in [7, 11) is 0. The van der Waals surface area contributed by atoms with Gasteiger partial charge in [0.25, 0.3) is 0 Å². The predicted octanol–water partition coefficient (Wildman–Crippen LogP) is 3.15. The van der Waals surface area contributed by atoms with Gasteiger partial charge in [0, 0.05) is 44.5 Å². The quantitative estimate of drug-likeness (QED) is 0.359. The number of thiazole rings is 1. The van der Waals surface area contributed by atoms with Gasteiger partial charge in [0.15, 0.2) is 5.96 Å². The molecule has 144 valence electrons. The fourth-order valence-electron chi connectivity index (χ4n) is 3.45. The third-order valence-corrected chi connectivity index (χ3v) is 5.14. The third kappa shape index (κ3) is 8.68. The fourth-order valence-corrected chi connectivity index (χ4v) is 4.10. The summed E-state index contributed by atoms with van der Waals surface area (Å²) in [5.74, 6) is 2.54. The highest BCUT2D eigenvalue weighted by atomic mass is 127. The number of aromatic nitrogens is 1. The van der Waals surface area contributed by atoms with Crippen LogP contribution in [0.3, 0.4) is 0 Å². The summed E-state index contributed by atoms with van der Waals surface area (Å²) in [6, 6.07) is 0. The van der Waals surface area contributed by atoms with E-state index in [2.05, 4.69) is 53.6 Å². The Labute approximate surface area is 174 Å². The van der Waals surface area contributed by atoms with Crippen molar-refractivity contribution in [3.63, 3.8) is 0 Å². The molecule has 1 aliphatic heterocycles. The summed E-state index contributed by atoms with van der Waals surface area (Å²) < 4.78 is 0. The van der Waals surface area contributed by atoms with Gasteiger partial charge in [-0.2, -0.15) is 0 Å². The molecule has 2 rings (SSSR count). The third-order valence-electron chi connectivity index (χ3n) is 4.32. The molecule has 1 fully saturated rings. The average molecular weight is 479 g/mol. The fraction of sp³-hybridized carbons (Fsp3) is 0.778. The first-order valence-corrected chi connectivity index (χ1v) is 10.1. The van der Waals surface area contributed by atoms with E-state index in [0.29, 0.717) is 0 Å². The van der Waals surface area contributed by atoms with E-state index in [1.54, 1.807) is 11.3 Å². The van der Waals surface area contributed by atoms with Crippen molar-refractivity contribution in [1.29, 1.82) is 0 Å². The zero-order chi connectivity index (χ0) is 17.4. The minimum absolute atomic E-state index is 0. The lowest BCUT2D eigenvalue weighted by atomic mass is 9.92. The Balaban J connectivity index is 0.00000312. The highest BCUT2D eigenvalue weighted by Crippen LogP contribution is 2.20.